The lowest BCUT2D eigenvalue weighted by atomic mass is 10.0. The summed E-state index contributed by atoms with van der Waals surface area (Å²) in [5.41, 5.74) is 10.6. The zero-order valence-electron chi connectivity index (χ0n) is 14.9. The lowest BCUT2D eigenvalue weighted by Crippen LogP contribution is -2.70. The Balaban J connectivity index is 1.76. The van der Waals surface area contributed by atoms with Crippen molar-refractivity contribution in [1.29, 1.82) is 0 Å². The third-order valence-corrected chi connectivity index (χ3v) is 6.02. The number of nitrogens with two attached hydrogens (primary N) is 2. The van der Waals surface area contributed by atoms with E-state index in [2.05, 4.69) is 19.4 Å². The summed E-state index contributed by atoms with van der Waals surface area (Å²) in [5, 5.41) is 11.7. The molecular formula is C15H16N6O6S2. The Morgan fingerprint density at radius 1 is 1.45 bits per heavy atom. The number of ether oxygens (including phenoxy) is 1. The van der Waals surface area contributed by atoms with Gasteiger partial charge in [-0.3, -0.25) is 14.5 Å². The van der Waals surface area contributed by atoms with Crippen LogP contribution in [-0.4, -0.2) is 67.0 Å². The number of primary amides is 1. The highest BCUT2D eigenvalue weighted by Gasteiger charge is 2.54. The van der Waals surface area contributed by atoms with Gasteiger partial charge < -0.3 is 26.6 Å². The second-order valence-corrected chi connectivity index (χ2v) is 7.77. The van der Waals surface area contributed by atoms with Crippen LogP contribution < -0.4 is 16.8 Å². The number of nitrogens with one attached hydrogen (secondary N) is 1. The third-order valence-electron chi connectivity index (χ3n) is 4.14. The number of nitrogen functional groups attached to an aromatic ring is 1. The van der Waals surface area contributed by atoms with E-state index in [1.54, 1.807) is 6.92 Å². The van der Waals surface area contributed by atoms with Gasteiger partial charge in [0.1, 0.15) is 23.7 Å². The fourth-order valence-corrected chi connectivity index (χ4v) is 4.65. The number of aromatic nitrogens is 2. The first-order valence-electron chi connectivity index (χ1n) is 8.13. The van der Waals surface area contributed by atoms with Crippen LogP contribution in [0.2, 0.25) is 0 Å². The van der Waals surface area contributed by atoms with Crippen molar-refractivity contribution in [1.82, 2.24) is 19.6 Å². The highest BCUT2D eigenvalue weighted by Crippen LogP contribution is 2.40. The lowest BCUT2D eigenvalue weighted by molar-refractivity contribution is -0.150. The van der Waals surface area contributed by atoms with Gasteiger partial charge in [-0.1, -0.05) is 6.08 Å². The predicted octanol–water partition coefficient (Wildman–Crippen LogP) is -0.642. The quantitative estimate of drug-likeness (QED) is 0.327. The van der Waals surface area contributed by atoms with Gasteiger partial charge >= 0.3 is 12.1 Å². The molecule has 0 saturated carbocycles. The van der Waals surface area contributed by atoms with E-state index in [4.69, 9.17) is 11.5 Å². The highest BCUT2D eigenvalue weighted by molar-refractivity contribution is 8.00. The van der Waals surface area contributed by atoms with E-state index in [1.165, 1.54) is 17.8 Å². The van der Waals surface area contributed by atoms with Crippen LogP contribution in [0.4, 0.5) is 9.93 Å². The molecule has 6 N–H and O–H groups in total. The van der Waals surface area contributed by atoms with Crippen molar-refractivity contribution in [2.45, 2.75) is 18.3 Å². The highest BCUT2D eigenvalue weighted by atomic mass is 32.2. The number of hydrogen-bond acceptors (Lipinski definition) is 10. The molecule has 14 heteroatoms. The van der Waals surface area contributed by atoms with Crippen LogP contribution >= 0.6 is 23.3 Å². The number of carbonyl (C=O) groups is 4. The van der Waals surface area contributed by atoms with Gasteiger partial charge in [0.25, 0.3) is 11.8 Å². The SMILES string of the molecule is CC=C(C(=O)NC1C(=O)N2C(C(=O)O)=C(COC(N)=O)CS[C@@H]12)c1nsc(N)n1. The maximum atomic E-state index is 12.6. The van der Waals surface area contributed by atoms with E-state index in [0.29, 0.717) is 0 Å². The van der Waals surface area contributed by atoms with E-state index >= 15 is 0 Å². The fourth-order valence-electron chi connectivity index (χ4n) is 2.88. The van der Waals surface area contributed by atoms with Crippen molar-refractivity contribution in [3.05, 3.63) is 23.2 Å². The number of thioether (sulfide) groups is 1. The van der Waals surface area contributed by atoms with Crippen LogP contribution in [-0.2, 0) is 19.1 Å². The minimum Gasteiger partial charge on any atom is -0.477 e. The molecule has 2 atom stereocenters. The Morgan fingerprint density at radius 2 is 2.17 bits per heavy atom. The monoisotopic (exact) mass is 440 g/mol. The van der Waals surface area contributed by atoms with Crippen molar-refractivity contribution in [3.8, 4) is 0 Å². The lowest BCUT2D eigenvalue weighted by Gasteiger charge is -2.49. The summed E-state index contributed by atoms with van der Waals surface area (Å²) in [6.45, 7) is 1.28. The summed E-state index contributed by atoms with van der Waals surface area (Å²) < 4.78 is 8.64. The average Bonchev–Trinajstić information content (AvgIpc) is 3.09. The molecule has 154 valence electrons. The smallest absolute Gasteiger partial charge is 0.404 e. The Hall–Kier alpha value is -3.13. The average molecular weight is 440 g/mol. The van der Waals surface area contributed by atoms with Crippen molar-refractivity contribution < 1.29 is 29.0 Å². The van der Waals surface area contributed by atoms with Gasteiger partial charge in [-0.25, -0.2) is 9.59 Å². The number of allylic oxidation sites excluding steroid dienone is 1. The Bertz CT molecular complexity index is 957. The third kappa shape index (κ3) is 3.88. The van der Waals surface area contributed by atoms with Crippen LogP contribution in [0.3, 0.4) is 0 Å². The molecule has 1 saturated heterocycles. The van der Waals surface area contributed by atoms with Gasteiger partial charge in [0.2, 0.25) is 0 Å². The maximum absolute atomic E-state index is 12.6. The number of fused-ring (bicyclic) bond motifs is 1. The number of anilines is 1. The normalized spacial score (nSPS) is 21.3. The Labute approximate surface area is 172 Å². The van der Waals surface area contributed by atoms with Crippen LogP contribution in [0.5, 0.6) is 0 Å². The molecule has 29 heavy (non-hydrogen) atoms. The van der Waals surface area contributed by atoms with Gasteiger partial charge in [-0.05, 0) is 6.92 Å². The first-order valence-corrected chi connectivity index (χ1v) is 9.95. The molecule has 1 aromatic heterocycles. The van der Waals surface area contributed by atoms with E-state index in [-0.39, 0.29) is 40.2 Å². The first-order chi connectivity index (χ1) is 13.7. The number of β-lactam (4-membered cyclic amide) rings is 1. The number of carboxylic acid groups (broad SMARTS) is 1. The topological polar surface area (TPSA) is 191 Å². The molecule has 1 unspecified atom stereocenters. The van der Waals surface area contributed by atoms with Crippen LogP contribution in [0.25, 0.3) is 5.57 Å². The summed E-state index contributed by atoms with van der Waals surface area (Å²) in [5.74, 6) is -2.17. The number of amides is 3. The zero-order valence-corrected chi connectivity index (χ0v) is 16.6. The molecular weight excluding hydrogens is 424 g/mol. The second kappa shape index (κ2) is 8.08. The van der Waals surface area contributed by atoms with Crippen molar-refractivity contribution in [2.24, 2.45) is 5.73 Å². The molecule has 3 amide bonds. The van der Waals surface area contributed by atoms with Crippen LogP contribution in [0.1, 0.15) is 12.7 Å². The Kier molecular flexibility index (Phi) is 5.74. The summed E-state index contributed by atoms with van der Waals surface area (Å²) in [6, 6.07) is -0.925. The van der Waals surface area contributed by atoms with Crippen molar-refractivity contribution >= 4 is 57.9 Å². The number of nitrogens with zero attached hydrogens (tertiary/aromatic N) is 3. The minimum atomic E-state index is -1.34. The van der Waals surface area contributed by atoms with E-state index in [1.807, 2.05) is 0 Å². The molecule has 0 bridgehead atoms. The van der Waals surface area contributed by atoms with Gasteiger partial charge in [0, 0.05) is 22.9 Å². The number of hydrogen-bond donors (Lipinski definition) is 4. The molecule has 2 aliphatic rings. The molecule has 3 rings (SSSR count). The number of carboxylic acids is 1. The molecule has 0 aromatic carbocycles. The minimum absolute atomic E-state index is 0.143. The standard InChI is InChI=1S/C15H16N6O6S2/c1-2-6(9-19-14(16)29-20-9)10(22)18-7-11(23)21-8(13(24)25)5(3-27-15(17)26)4-28-12(7)21/h2,7,12H,3-4H2,1H3,(H2,17,26)(H,18,22)(H,24,25)(H2,16,19,20)/t7?,12-/m0/s1. The van der Waals surface area contributed by atoms with Crippen LogP contribution in [0.15, 0.2) is 17.3 Å². The van der Waals surface area contributed by atoms with E-state index < -0.39 is 35.3 Å². The maximum Gasteiger partial charge on any atom is 0.404 e. The molecule has 2 aliphatic heterocycles. The molecule has 1 fully saturated rings. The van der Waals surface area contributed by atoms with E-state index in [9.17, 15) is 24.3 Å². The molecule has 3 heterocycles. The number of aliphatic carboxylic acids is 1. The molecule has 0 spiro atoms. The van der Waals surface area contributed by atoms with Gasteiger partial charge in [-0.2, -0.15) is 9.36 Å². The largest absolute Gasteiger partial charge is 0.477 e. The van der Waals surface area contributed by atoms with E-state index in [0.717, 1.165) is 16.4 Å². The van der Waals surface area contributed by atoms with Gasteiger partial charge in [-0.15, -0.1) is 11.8 Å². The summed E-state index contributed by atoms with van der Waals surface area (Å²) in [7, 11) is 0. The van der Waals surface area contributed by atoms with Crippen LogP contribution in [0, 0.1) is 0 Å². The van der Waals surface area contributed by atoms with Gasteiger partial charge in [0.05, 0.1) is 5.57 Å². The van der Waals surface area contributed by atoms with Crippen molar-refractivity contribution in [3.63, 3.8) is 0 Å². The number of carbonyl (C=O) groups excluding carboxylic acids is 3. The summed E-state index contributed by atoms with van der Waals surface area (Å²) >= 11 is 2.17. The summed E-state index contributed by atoms with van der Waals surface area (Å²) in [6.07, 6.45) is 0.442. The molecule has 0 aliphatic carbocycles. The molecule has 0 radical (unpaired) electrons. The Morgan fingerprint density at radius 3 is 2.72 bits per heavy atom. The molecule has 1 aromatic rings. The van der Waals surface area contributed by atoms with Gasteiger partial charge in [0.15, 0.2) is 11.0 Å². The fraction of sp³-hybridized carbons (Fsp3) is 0.333. The zero-order chi connectivity index (χ0) is 21.3. The second-order valence-electron chi connectivity index (χ2n) is 5.88. The predicted molar refractivity (Wildman–Crippen MR) is 103 cm³/mol. The molecule has 12 nitrogen and oxygen atoms in total. The number of rotatable bonds is 6. The summed E-state index contributed by atoms with van der Waals surface area (Å²) in [4.78, 5) is 52.6. The first kappa shape index (κ1) is 20.6. The van der Waals surface area contributed by atoms with Crippen molar-refractivity contribution in [2.75, 3.05) is 18.1 Å².